The number of nitrogens with one attached hydrogen (secondary N) is 1. The third-order valence-electron chi connectivity index (χ3n) is 3.35. The second-order valence-corrected chi connectivity index (χ2v) is 5.63. The van der Waals surface area contributed by atoms with Crippen LogP contribution >= 0.6 is 12.2 Å². The summed E-state index contributed by atoms with van der Waals surface area (Å²) < 4.78 is 5.73. The molecule has 2 rings (SSSR count). The average molecular weight is 278 g/mol. The third kappa shape index (κ3) is 3.91. The highest BCUT2D eigenvalue weighted by atomic mass is 32.1. The van der Waals surface area contributed by atoms with Crippen molar-refractivity contribution in [2.24, 2.45) is 0 Å². The van der Waals surface area contributed by atoms with Crippen LogP contribution in [0.4, 0.5) is 0 Å². The van der Waals surface area contributed by atoms with Gasteiger partial charge in [0.25, 0.3) is 0 Å². The zero-order chi connectivity index (χ0) is 13.8. The van der Waals surface area contributed by atoms with Crippen LogP contribution in [0.1, 0.15) is 32.4 Å². The van der Waals surface area contributed by atoms with Crippen molar-refractivity contribution in [1.82, 2.24) is 10.2 Å². The number of hydrogen-bond donors (Lipinski definition) is 1. The van der Waals surface area contributed by atoms with Crippen LogP contribution in [-0.2, 0) is 4.74 Å². The molecule has 0 bridgehead atoms. The summed E-state index contributed by atoms with van der Waals surface area (Å²) in [5, 5.41) is 4.23. The van der Waals surface area contributed by atoms with Gasteiger partial charge in [-0.1, -0.05) is 30.3 Å². The van der Waals surface area contributed by atoms with Gasteiger partial charge in [-0.3, -0.25) is 0 Å². The van der Waals surface area contributed by atoms with Gasteiger partial charge in [-0.15, -0.1) is 0 Å². The highest BCUT2D eigenvalue weighted by molar-refractivity contribution is 7.80. The van der Waals surface area contributed by atoms with Gasteiger partial charge in [-0.2, -0.15) is 0 Å². The molecule has 1 aliphatic heterocycles. The molecule has 0 unspecified atom stereocenters. The molecule has 0 spiro atoms. The van der Waals surface area contributed by atoms with Crippen LogP contribution in [0.2, 0.25) is 0 Å². The molecule has 1 aromatic carbocycles. The molecule has 1 saturated heterocycles. The van der Waals surface area contributed by atoms with Gasteiger partial charge >= 0.3 is 0 Å². The Morgan fingerprint density at radius 3 is 2.42 bits per heavy atom. The Hall–Kier alpha value is -1.13. The van der Waals surface area contributed by atoms with Crippen molar-refractivity contribution in [3.8, 4) is 0 Å². The van der Waals surface area contributed by atoms with E-state index in [1.54, 1.807) is 0 Å². The van der Waals surface area contributed by atoms with Crippen molar-refractivity contribution in [3.05, 3.63) is 35.9 Å². The Morgan fingerprint density at radius 1 is 1.26 bits per heavy atom. The van der Waals surface area contributed by atoms with Gasteiger partial charge in [-0.25, -0.2) is 0 Å². The SMILES string of the molecule is C[C@H](NC(=S)N1C[C@H](C)O[C@@H](C)C1)c1ccccc1. The Morgan fingerprint density at radius 2 is 1.84 bits per heavy atom. The van der Waals surface area contributed by atoms with Crippen LogP contribution in [0.25, 0.3) is 0 Å². The molecule has 1 N–H and O–H groups in total. The molecule has 3 nitrogen and oxygen atoms in total. The van der Waals surface area contributed by atoms with Gasteiger partial charge in [0.15, 0.2) is 5.11 Å². The number of nitrogens with zero attached hydrogens (tertiary/aromatic N) is 1. The van der Waals surface area contributed by atoms with Crippen LogP contribution < -0.4 is 5.32 Å². The molecule has 3 atom stereocenters. The van der Waals surface area contributed by atoms with E-state index in [2.05, 4.69) is 55.3 Å². The molecule has 1 fully saturated rings. The summed E-state index contributed by atoms with van der Waals surface area (Å²) in [6, 6.07) is 10.6. The first kappa shape index (κ1) is 14.3. The maximum Gasteiger partial charge on any atom is 0.169 e. The van der Waals surface area contributed by atoms with Crippen LogP contribution in [0.15, 0.2) is 30.3 Å². The number of benzene rings is 1. The molecular formula is C15H22N2OS. The minimum atomic E-state index is 0.224. The predicted octanol–water partition coefficient (Wildman–Crippen LogP) is 2.73. The Bertz CT molecular complexity index is 413. The molecule has 1 heterocycles. The minimum Gasteiger partial charge on any atom is -0.372 e. The van der Waals surface area contributed by atoms with Gasteiger partial charge in [0.1, 0.15) is 0 Å². The highest BCUT2D eigenvalue weighted by Gasteiger charge is 2.24. The molecule has 1 aromatic rings. The number of hydrogen-bond acceptors (Lipinski definition) is 2. The Kier molecular flexibility index (Phi) is 4.77. The van der Waals surface area contributed by atoms with E-state index in [-0.39, 0.29) is 18.2 Å². The third-order valence-corrected chi connectivity index (χ3v) is 3.72. The van der Waals surface area contributed by atoms with E-state index in [1.165, 1.54) is 5.56 Å². The fourth-order valence-corrected chi connectivity index (χ4v) is 2.77. The second-order valence-electron chi connectivity index (χ2n) is 5.24. The zero-order valence-corrected chi connectivity index (χ0v) is 12.6. The number of thiocarbonyl (C=S) groups is 1. The molecule has 4 heteroatoms. The summed E-state index contributed by atoms with van der Waals surface area (Å²) in [6.45, 7) is 8.03. The smallest absolute Gasteiger partial charge is 0.169 e. The highest BCUT2D eigenvalue weighted by Crippen LogP contribution is 2.14. The molecule has 104 valence electrons. The molecular weight excluding hydrogens is 256 g/mol. The van der Waals surface area contributed by atoms with Gasteiger partial charge in [0, 0.05) is 13.1 Å². The van der Waals surface area contributed by atoms with E-state index in [4.69, 9.17) is 17.0 Å². The van der Waals surface area contributed by atoms with Crippen LogP contribution in [0, 0.1) is 0 Å². The maximum absolute atomic E-state index is 5.73. The van der Waals surface area contributed by atoms with E-state index in [0.29, 0.717) is 0 Å². The van der Waals surface area contributed by atoms with E-state index >= 15 is 0 Å². The zero-order valence-electron chi connectivity index (χ0n) is 11.8. The fraction of sp³-hybridized carbons (Fsp3) is 0.533. The minimum absolute atomic E-state index is 0.224. The van der Waals surface area contributed by atoms with Crippen molar-refractivity contribution in [2.75, 3.05) is 13.1 Å². The first-order valence-corrected chi connectivity index (χ1v) is 7.23. The summed E-state index contributed by atoms with van der Waals surface area (Å²) >= 11 is 5.52. The molecule has 0 saturated carbocycles. The lowest BCUT2D eigenvalue weighted by Gasteiger charge is -2.37. The quantitative estimate of drug-likeness (QED) is 0.841. The topological polar surface area (TPSA) is 24.5 Å². The average Bonchev–Trinajstić information content (AvgIpc) is 2.38. The largest absolute Gasteiger partial charge is 0.372 e. The lowest BCUT2D eigenvalue weighted by molar-refractivity contribution is -0.0483. The summed E-state index contributed by atoms with van der Waals surface area (Å²) in [7, 11) is 0. The molecule has 0 aliphatic carbocycles. The fourth-order valence-electron chi connectivity index (χ4n) is 2.45. The Labute approximate surface area is 120 Å². The van der Waals surface area contributed by atoms with E-state index < -0.39 is 0 Å². The molecule has 19 heavy (non-hydrogen) atoms. The monoisotopic (exact) mass is 278 g/mol. The normalized spacial score (nSPS) is 24.9. The predicted molar refractivity (Wildman–Crippen MR) is 82.2 cm³/mol. The lowest BCUT2D eigenvalue weighted by Crippen LogP contribution is -2.51. The van der Waals surface area contributed by atoms with E-state index in [1.807, 2.05) is 6.07 Å². The summed E-state index contributed by atoms with van der Waals surface area (Å²) in [5.41, 5.74) is 1.25. The van der Waals surface area contributed by atoms with Crippen LogP contribution in [0.3, 0.4) is 0 Å². The number of rotatable bonds is 2. The van der Waals surface area contributed by atoms with E-state index in [9.17, 15) is 0 Å². The van der Waals surface area contributed by atoms with E-state index in [0.717, 1.165) is 18.2 Å². The van der Waals surface area contributed by atoms with Crippen molar-refractivity contribution in [2.45, 2.75) is 39.0 Å². The molecule has 1 aliphatic rings. The number of morpholine rings is 1. The van der Waals surface area contributed by atoms with Gasteiger partial charge in [-0.05, 0) is 38.6 Å². The first-order chi connectivity index (χ1) is 9.06. The number of ether oxygens (including phenoxy) is 1. The summed E-state index contributed by atoms with van der Waals surface area (Å²) in [6.07, 6.45) is 0.464. The van der Waals surface area contributed by atoms with Crippen molar-refractivity contribution < 1.29 is 4.74 Å². The summed E-state index contributed by atoms with van der Waals surface area (Å²) in [4.78, 5) is 2.20. The first-order valence-electron chi connectivity index (χ1n) is 6.82. The van der Waals surface area contributed by atoms with Crippen molar-refractivity contribution in [3.63, 3.8) is 0 Å². The van der Waals surface area contributed by atoms with Gasteiger partial charge < -0.3 is 15.0 Å². The van der Waals surface area contributed by atoms with Gasteiger partial charge in [0.2, 0.25) is 0 Å². The van der Waals surface area contributed by atoms with Crippen molar-refractivity contribution >= 4 is 17.3 Å². The Balaban J connectivity index is 1.93. The standard InChI is InChI=1S/C15H22N2OS/c1-11-9-17(10-12(2)18-11)15(19)16-13(3)14-7-5-4-6-8-14/h4-8,11-13H,9-10H2,1-3H3,(H,16,19)/t11-,12-,13-/m0/s1. The lowest BCUT2D eigenvalue weighted by atomic mass is 10.1. The van der Waals surface area contributed by atoms with Crippen LogP contribution in [-0.4, -0.2) is 35.3 Å². The maximum atomic E-state index is 5.73. The van der Waals surface area contributed by atoms with Gasteiger partial charge in [0.05, 0.1) is 18.2 Å². The molecule has 0 radical (unpaired) electrons. The van der Waals surface area contributed by atoms with Crippen LogP contribution in [0.5, 0.6) is 0 Å². The van der Waals surface area contributed by atoms with Crippen molar-refractivity contribution in [1.29, 1.82) is 0 Å². The molecule has 0 amide bonds. The summed E-state index contributed by atoms with van der Waals surface area (Å²) in [5.74, 6) is 0. The molecule has 0 aromatic heterocycles. The second kappa shape index (κ2) is 6.35.